The first-order chi connectivity index (χ1) is 15.7. The number of aliphatic carboxylic acids is 1. The molecule has 8 heteroatoms. The molecule has 1 aliphatic rings. The van der Waals surface area contributed by atoms with Gasteiger partial charge in [-0.2, -0.15) is 0 Å². The fourth-order valence-electron chi connectivity index (χ4n) is 4.19. The quantitative estimate of drug-likeness (QED) is 0.606. The molecule has 0 fully saturated rings. The third-order valence-corrected chi connectivity index (χ3v) is 5.69. The molecular weight excluding hydrogens is 422 g/mol. The van der Waals surface area contributed by atoms with E-state index >= 15 is 0 Å². The number of hydrogen-bond acceptors (Lipinski definition) is 5. The molecule has 2 aromatic rings. The van der Waals surface area contributed by atoms with Gasteiger partial charge in [0.1, 0.15) is 19.2 Å². The van der Waals surface area contributed by atoms with Gasteiger partial charge in [-0.3, -0.25) is 9.59 Å². The number of amides is 2. The molecule has 3 rings (SSSR count). The summed E-state index contributed by atoms with van der Waals surface area (Å²) in [6, 6.07) is 14.8. The Hall–Kier alpha value is -3.39. The monoisotopic (exact) mass is 453 g/mol. The summed E-state index contributed by atoms with van der Waals surface area (Å²) >= 11 is 0. The maximum absolute atomic E-state index is 13.0. The van der Waals surface area contributed by atoms with E-state index in [0.717, 1.165) is 22.3 Å². The molecule has 8 nitrogen and oxygen atoms in total. The van der Waals surface area contributed by atoms with Crippen LogP contribution in [0.2, 0.25) is 0 Å². The molecule has 1 aliphatic carbocycles. The second kappa shape index (κ2) is 10.5. The van der Waals surface area contributed by atoms with Gasteiger partial charge in [-0.1, -0.05) is 48.5 Å². The third-order valence-electron chi connectivity index (χ3n) is 5.69. The number of alkyl carbamates (subject to hydrolysis) is 1. The number of nitrogens with one attached hydrogen (secondary N) is 1. The van der Waals surface area contributed by atoms with Crippen molar-refractivity contribution in [2.45, 2.75) is 31.8 Å². The van der Waals surface area contributed by atoms with Crippen LogP contribution in [0.5, 0.6) is 0 Å². The molecule has 0 saturated heterocycles. The lowest BCUT2D eigenvalue weighted by atomic mass is 9.98. The summed E-state index contributed by atoms with van der Waals surface area (Å²) in [4.78, 5) is 40.0. The highest BCUT2D eigenvalue weighted by molar-refractivity contribution is 5.88. The topological polar surface area (TPSA) is 99.2 Å². The van der Waals surface area contributed by atoms with Crippen LogP contribution in [0.3, 0.4) is 0 Å². The molecule has 0 aromatic heterocycles. The Morgan fingerprint density at radius 2 is 1.55 bits per heavy atom. The van der Waals surface area contributed by atoms with Gasteiger partial charge in [-0.05, 0) is 50.2 Å². The summed E-state index contributed by atoms with van der Waals surface area (Å²) in [7, 11) is 3.55. The van der Waals surface area contributed by atoms with Gasteiger partial charge in [-0.25, -0.2) is 4.79 Å². The maximum Gasteiger partial charge on any atom is 0.407 e. The molecule has 33 heavy (non-hydrogen) atoms. The highest BCUT2D eigenvalue weighted by Gasteiger charge is 2.32. The fourth-order valence-corrected chi connectivity index (χ4v) is 4.19. The first-order valence-electron chi connectivity index (χ1n) is 11.0. The van der Waals surface area contributed by atoms with Crippen molar-refractivity contribution in [1.82, 2.24) is 15.1 Å². The van der Waals surface area contributed by atoms with Gasteiger partial charge in [0, 0.05) is 18.5 Å². The van der Waals surface area contributed by atoms with Crippen molar-refractivity contribution >= 4 is 18.0 Å². The third kappa shape index (κ3) is 5.70. The van der Waals surface area contributed by atoms with Crippen LogP contribution in [0.1, 0.15) is 30.9 Å². The minimum absolute atomic E-state index is 0.0923. The van der Waals surface area contributed by atoms with Crippen molar-refractivity contribution in [2.24, 2.45) is 0 Å². The lowest BCUT2D eigenvalue weighted by Gasteiger charge is -2.30. The van der Waals surface area contributed by atoms with E-state index in [2.05, 4.69) is 17.4 Å². The Morgan fingerprint density at radius 3 is 2.03 bits per heavy atom. The van der Waals surface area contributed by atoms with E-state index in [0.29, 0.717) is 0 Å². The Bertz CT molecular complexity index is 975. The Morgan fingerprint density at radius 1 is 1.00 bits per heavy atom. The second-order valence-electron chi connectivity index (χ2n) is 8.74. The highest BCUT2D eigenvalue weighted by atomic mass is 16.5. The van der Waals surface area contributed by atoms with Crippen LogP contribution in [0.25, 0.3) is 11.1 Å². The second-order valence-corrected chi connectivity index (χ2v) is 8.74. The van der Waals surface area contributed by atoms with Gasteiger partial charge in [-0.15, -0.1) is 0 Å². The van der Waals surface area contributed by atoms with Gasteiger partial charge in [0.25, 0.3) is 0 Å². The molecule has 2 N–H and O–H groups in total. The van der Waals surface area contributed by atoms with E-state index in [1.54, 1.807) is 32.8 Å². The number of carboxylic acids is 1. The highest BCUT2D eigenvalue weighted by Crippen LogP contribution is 2.44. The number of hydrogen-bond donors (Lipinski definition) is 2. The lowest BCUT2D eigenvalue weighted by molar-refractivity contribution is -0.146. The Balaban J connectivity index is 1.71. The van der Waals surface area contributed by atoms with E-state index < -0.39 is 30.6 Å². The summed E-state index contributed by atoms with van der Waals surface area (Å²) in [5, 5.41) is 11.8. The van der Waals surface area contributed by atoms with E-state index in [1.807, 2.05) is 36.4 Å². The molecule has 0 saturated carbocycles. The van der Waals surface area contributed by atoms with Gasteiger partial charge < -0.3 is 25.0 Å². The van der Waals surface area contributed by atoms with Crippen LogP contribution in [0.4, 0.5) is 4.79 Å². The predicted octanol–water partition coefficient (Wildman–Crippen LogP) is 2.78. The summed E-state index contributed by atoms with van der Waals surface area (Å²) in [6.45, 7) is 3.38. The smallest absolute Gasteiger partial charge is 0.407 e. The standard InChI is InChI=1S/C25H31N3O5/c1-16(2)28(14-23(29)30)24(31)22(13-27(3)4)26-25(32)33-15-21-19-11-7-5-9-17(19)18-10-6-8-12-20(18)21/h5-12,16,21-22H,13-15H2,1-4H3,(H,26,32)(H,29,30). The van der Waals surface area contributed by atoms with Gasteiger partial charge in [0.05, 0.1) is 0 Å². The van der Waals surface area contributed by atoms with Crippen molar-refractivity contribution in [3.8, 4) is 11.1 Å². The summed E-state index contributed by atoms with van der Waals surface area (Å²) in [6.07, 6.45) is -0.712. The molecule has 1 unspecified atom stereocenters. The van der Waals surface area contributed by atoms with Crippen LogP contribution in [-0.4, -0.2) is 78.8 Å². The van der Waals surface area contributed by atoms with E-state index in [-0.39, 0.29) is 25.1 Å². The minimum Gasteiger partial charge on any atom is -0.480 e. The first kappa shape index (κ1) is 24.3. The van der Waals surface area contributed by atoms with Crippen molar-refractivity contribution in [2.75, 3.05) is 33.8 Å². The maximum atomic E-state index is 13.0. The zero-order chi connectivity index (χ0) is 24.1. The summed E-state index contributed by atoms with van der Waals surface area (Å²) in [5.74, 6) is -1.67. The number of carbonyl (C=O) groups excluding carboxylic acids is 2. The molecule has 0 radical (unpaired) electrons. The van der Waals surface area contributed by atoms with E-state index in [4.69, 9.17) is 4.74 Å². The largest absolute Gasteiger partial charge is 0.480 e. The molecule has 0 bridgehead atoms. The van der Waals surface area contributed by atoms with Gasteiger partial charge >= 0.3 is 12.1 Å². The van der Waals surface area contributed by atoms with Crippen molar-refractivity contribution in [1.29, 1.82) is 0 Å². The number of nitrogens with zero attached hydrogens (tertiary/aromatic N) is 2. The van der Waals surface area contributed by atoms with Crippen molar-refractivity contribution in [3.63, 3.8) is 0 Å². The molecule has 0 aliphatic heterocycles. The fraction of sp³-hybridized carbons (Fsp3) is 0.400. The number of carbonyl (C=O) groups is 3. The van der Waals surface area contributed by atoms with Crippen LogP contribution in [0.15, 0.2) is 48.5 Å². The average molecular weight is 454 g/mol. The normalized spacial score (nSPS) is 13.4. The number of likely N-dealkylation sites (N-methyl/N-ethyl adjacent to an activating group) is 1. The van der Waals surface area contributed by atoms with Crippen LogP contribution < -0.4 is 5.32 Å². The SMILES string of the molecule is CC(C)N(CC(=O)O)C(=O)C(CN(C)C)NC(=O)OCC1c2ccccc2-c2ccccc21. The molecule has 2 amide bonds. The molecule has 0 heterocycles. The summed E-state index contributed by atoms with van der Waals surface area (Å²) < 4.78 is 5.57. The Kier molecular flexibility index (Phi) is 7.71. The average Bonchev–Trinajstić information content (AvgIpc) is 3.08. The minimum atomic E-state index is -1.11. The van der Waals surface area contributed by atoms with Crippen LogP contribution in [-0.2, 0) is 14.3 Å². The zero-order valence-corrected chi connectivity index (χ0v) is 19.4. The van der Waals surface area contributed by atoms with Crippen molar-refractivity contribution < 1.29 is 24.2 Å². The number of fused-ring (bicyclic) bond motifs is 3. The molecule has 176 valence electrons. The molecule has 2 aromatic carbocycles. The van der Waals surface area contributed by atoms with E-state index in [9.17, 15) is 19.5 Å². The molecule has 0 spiro atoms. The lowest BCUT2D eigenvalue weighted by Crippen LogP contribution is -2.55. The number of carboxylic acid groups (broad SMARTS) is 1. The van der Waals surface area contributed by atoms with Crippen molar-refractivity contribution in [3.05, 3.63) is 59.7 Å². The number of benzene rings is 2. The number of ether oxygens (including phenoxy) is 1. The summed E-state index contributed by atoms with van der Waals surface area (Å²) in [5.41, 5.74) is 4.45. The van der Waals surface area contributed by atoms with Gasteiger partial charge in [0.15, 0.2) is 0 Å². The van der Waals surface area contributed by atoms with E-state index in [1.165, 1.54) is 4.90 Å². The number of rotatable bonds is 9. The van der Waals surface area contributed by atoms with Crippen LogP contribution >= 0.6 is 0 Å². The van der Waals surface area contributed by atoms with Gasteiger partial charge in [0.2, 0.25) is 5.91 Å². The molecule has 1 atom stereocenters. The Labute approximate surface area is 194 Å². The predicted molar refractivity (Wildman–Crippen MR) is 125 cm³/mol. The van der Waals surface area contributed by atoms with Crippen LogP contribution in [0, 0.1) is 0 Å². The molecular formula is C25H31N3O5. The zero-order valence-electron chi connectivity index (χ0n) is 19.4. The first-order valence-corrected chi connectivity index (χ1v) is 11.0.